The SMILES string of the molecule is O=C(ON1C(=O)c2ccccc2C1=O)c1ccc2c(n1)CCCC2. The van der Waals surface area contributed by atoms with Crippen LogP contribution in [0.4, 0.5) is 0 Å². The van der Waals surface area contributed by atoms with Crippen LogP contribution in [-0.2, 0) is 17.7 Å². The maximum absolute atomic E-state index is 12.3. The molecule has 2 heterocycles. The van der Waals surface area contributed by atoms with Crippen LogP contribution in [0.5, 0.6) is 0 Å². The van der Waals surface area contributed by atoms with E-state index in [0.717, 1.165) is 36.9 Å². The highest BCUT2D eigenvalue weighted by Crippen LogP contribution is 2.24. The molecule has 0 spiro atoms. The van der Waals surface area contributed by atoms with Crippen molar-refractivity contribution in [1.82, 2.24) is 10.0 Å². The molecule has 0 atom stereocenters. The van der Waals surface area contributed by atoms with E-state index >= 15 is 0 Å². The van der Waals surface area contributed by atoms with Crippen molar-refractivity contribution in [2.45, 2.75) is 25.7 Å². The zero-order valence-electron chi connectivity index (χ0n) is 12.8. The van der Waals surface area contributed by atoms with Crippen molar-refractivity contribution >= 4 is 17.8 Å². The summed E-state index contributed by atoms with van der Waals surface area (Å²) in [4.78, 5) is 46.1. The number of imide groups is 1. The zero-order valence-corrected chi connectivity index (χ0v) is 12.8. The molecule has 4 rings (SSSR count). The Bertz CT molecular complexity index is 840. The van der Waals surface area contributed by atoms with Gasteiger partial charge < -0.3 is 4.84 Å². The van der Waals surface area contributed by atoms with Gasteiger partial charge in [0.25, 0.3) is 11.8 Å². The molecule has 0 N–H and O–H groups in total. The van der Waals surface area contributed by atoms with E-state index in [4.69, 9.17) is 4.84 Å². The molecule has 0 fully saturated rings. The lowest BCUT2D eigenvalue weighted by Gasteiger charge is -2.16. The van der Waals surface area contributed by atoms with Crippen LogP contribution in [0.25, 0.3) is 0 Å². The number of hydroxylamine groups is 2. The maximum Gasteiger partial charge on any atom is 0.382 e. The molecule has 0 saturated heterocycles. The lowest BCUT2D eigenvalue weighted by Crippen LogP contribution is -2.33. The van der Waals surface area contributed by atoms with Gasteiger partial charge in [-0.1, -0.05) is 23.3 Å². The van der Waals surface area contributed by atoms with Crippen LogP contribution in [0.3, 0.4) is 0 Å². The Balaban J connectivity index is 1.57. The van der Waals surface area contributed by atoms with Crippen LogP contribution < -0.4 is 0 Å². The van der Waals surface area contributed by atoms with Crippen LogP contribution in [0.15, 0.2) is 36.4 Å². The van der Waals surface area contributed by atoms with Gasteiger partial charge in [0.15, 0.2) is 5.69 Å². The highest BCUT2D eigenvalue weighted by molar-refractivity contribution is 6.21. The van der Waals surface area contributed by atoms with E-state index in [-0.39, 0.29) is 16.8 Å². The minimum absolute atomic E-state index is 0.104. The van der Waals surface area contributed by atoms with Crippen molar-refractivity contribution < 1.29 is 19.2 Å². The highest BCUT2D eigenvalue weighted by atomic mass is 16.7. The topological polar surface area (TPSA) is 76.6 Å². The number of fused-ring (bicyclic) bond motifs is 2. The molecule has 2 aliphatic rings. The average molecular weight is 322 g/mol. The predicted molar refractivity (Wildman–Crippen MR) is 83.2 cm³/mol. The Morgan fingerprint density at radius 1 is 0.958 bits per heavy atom. The summed E-state index contributed by atoms with van der Waals surface area (Å²) in [7, 11) is 0. The monoisotopic (exact) mass is 322 g/mol. The number of pyridine rings is 1. The van der Waals surface area contributed by atoms with Crippen molar-refractivity contribution in [1.29, 1.82) is 0 Å². The molecule has 1 aliphatic carbocycles. The smallest absolute Gasteiger partial charge is 0.323 e. The van der Waals surface area contributed by atoms with Crippen LogP contribution >= 0.6 is 0 Å². The molecule has 6 nitrogen and oxygen atoms in total. The first-order valence-corrected chi connectivity index (χ1v) is 7.84. The summed E-state index contributed by atoms with van der Waals surface area (Å²) in [5, 5.41) is 0.508. The zero-order chi connectivity index (χ0) is 16.7. The number of amides is 2. The lowest BCUT2D eigenvalue weighted by atomic mass is 9.96. The molecule has 1 aromatic heterocycles. The van der Waals surface area contributed by atoms with Gasteiger partial charge in [-0.15, -0.1) is 0 Å². The fourth-order valence-electron chi connectivity index (χ4n) is 3.08. The van der Waals surface area contributed by atoms with E-state index in [1.165, 1.54) is 12.1 Å². The van der Waals surface area contributed by atoms with Gasteiger partial charge in [-0.3, -0.25) is 9.59 Å². The number of nitrogens with zero attached hydrogens (tertiary/aromatic N) is 2. The molecule has 2 amide bonds. The Morgan fingerprint density at radius 2 is 1.62 bits per heavy atom. The first-order chi connectivity index (χ1) is 11.6. The van der Waals surface area contributed by atoms with Gasteiger partial charge in [0.05, 0.1) is 11.1 Å². The number of hydrogen-bond donors (Lipinski definition) is 0. The Kier molecular flexibility index (Phi) is 3.37. The fourth-order valence-corrected chi connectivity index (χ4v) is 3.08. The summed E-state index contributed by atoms with van der Waals surface area (Å²) in [5.74, 6) is -2.08. The number of rotatable bonds is 2. The van der Waals surface area contributed by atoms with Gasteiger partial charge in [-0.25, -0.2) is 9.78 Å². The molecule has 120 valence electrons. The van der Waals surface area contributed by atoms with Crippen molar-refractivity contribution in [3.63, 3.8) is 0 Å². The van der Waals surface area contributed by atoms with Crippen LogP contribution in [0.1, 0.15) is 55.3 Å². The largest absolute Gasteiger partial charge is 0.382 e. The second-order valence-corrected chi connectivity index (χ2v) is 5.84. The van der Waals surface area contributed by atoms with Gasteiger partial charge in [0.2, 0.25) is 0 Å². The Labute approximate surface area is 138 Å². The van der Waals surface area contributed by atoms with E-state index in [2.05, 4.69) is 4.98 Å². The average Bonchev–Trinajstić information content (AvgIpc) is 2.86. The number of aryl methyl sites for hydroxylation is 2. The Hall–Kier alpha value is -3.02. The van der Waals surface area contributed by atoms with Crippen LogP contribution in [0.2, 0.25) is 0 Å². The molecule has 2 aromatic rings. The molecule has 6 heteroatoms. The van der Waals surface area contributed by atoms with E-state index < -0.39 is 17.8 Å². The summed E-state index contributed by atoms with van der Waals surface area (Å²) in [5.41, 5.74) is 2.59. The molecule has 0 unspecified atom stereocenters. The first kappa shape index (κ1) is 14.6. The summed E-state index contributed by atoms with van der Waals surface area (Å²) in [6, 6.07) is 9.80. The minimum Gasteiger partial charge on any atom is -0.323 e. The minimum atomic E-state index is -0.808. The highest BCUT2D eigenvalue weighted by Gasteiger charge is 2.39. The molecule has 0 saturated carbocycles. The van der Waals surface area contributed by atoms with E-state index in [0.29, 0.717) is 5.06 Å². The lowest BCUT2D eigenvalue weighted by molar-refractivity contribution is -0.0588. The number of benzene rings is 1. The summed E-state index contributed by atoms with van der Waals surface area (Å²) < 4.78 is 0. The molecule has 1 aliphatic heterocycles. The van der Waals surface area contributed by atoms with Crippen molar-refractivity contribution in [2.24, 2.45) is 0 Å². The van der Waals surface area contributed by atoms with E-state index in [9.17, 15) is 14.4 Å². The molecular weight excluding hydrogens is 308 g/mol. The van der Waals surface area contributed by atoms with Crippen molar-refractivity contribution in [3.05, 3.63) is 64.5 Å². The molecule has 24 heavy (non-hydrogen) atoms. The summed E-state index contributed by atoms with van der Waals surface area (Å²) in [6.07, 6.45) is 3.93. The normalized spacial score (nSPS) is 15.9. The third kappa shape index (κ3) is 2.27. The van der Waals surface area contributed by atoms with Gasteiger partial charge in [0.1, 0.15) is 0 Å². The van der Waals surface area contributed by atoms with Crippen LogP contribution in [0, 0.1) is 0 Å². The maximum atomic E-state index is 12.3. The quantitative estimate of drug-likeness (QED) is 0.793. The van der Waals surface area contributed by atoms with Crippen LogP contribution in [-0.4, -0.2) is 27.8 Å². The standard InChI is InChI=1S/C18H14N2O4/c21-16-12-6-2-3-7-13(12)17(22)20(16)24-18(23)15-10-9-11-5-1-4-8-14(11)19-15/h2-3,6-7,9-10H,1,4-5,8H2. The Morgan fingerprint density at radius 3 is 2.33 bits per heavy atom. The van der Waals surface area contributed by atoms with E-state index in [1.807, 2.05) is 6.07 Å². The number of hydrogen-bond acceptors (Lipinski definition) is 5. The third-order valence-electron chi connectivity index (χ3n) is 4.32. The first-order valence-electron chi connectivity index (χ1n) is 7.84. The van der Waals surface area contributed by atoms with Gasteiger partial charge in [-0.05, 0) is 49.4 Å². The number of carbonyl (C=O) groups excluding carboxylic acids is 3. The van der Waals surface area contributed by atoms with Crippen molar-refractivity contribution in [3.8, 4) is 0 Å². The van der Waals surface area contributed by atoms with Gasteiger partial charge in [-0.2, -0.15) is 0 Å². The molecule has 1 aromatic carbocycles. The third-order valence-corrected chi connectivity index (χ3v) is 4.32. The molecule has 0 bridgehead atoms. The fraction of sp³-hybridized carbons (Fsp3) is 0.222. The van der Waals surface area contributed by atoms with Gasteiger partial charge >= 0.3 is 5.97 Å². The van der Waals surface area contributed by atoms with E-state index in [1.54, 1.807) is 18.2 Å². The summed E-state index contributed by atoms with van der Waals surface area (Å²) >= 11 is 0. The number of aromatic nitrogens is 1. The second-order valence-electron chi connectivity index (χ2n) is 5.84. The van der Waals surface area contributed by atoms with Crippen molar-refractivity contribution in [2.75, 3.05) is 0 Å². The second kappa shape index (κ2) is 5.56. The molecular formula is C18H14N2O4. The number of carbonyl (C=O) groups is 3. The molecule has 0 radical (unpaired) electrons. The predicted octanol–water partition coefficient (Wildman–Crippen LogP) is 2.33. The summed E-state index contributed by atoms with van der Waals surface area (Å²) in [6.45, 7) is 0. The van der Waals surface area contributed by atoms with Gasteiger partial charge in [0, 0.05) is 5.69 Å².